The van der Waals surface area contributed by atoms with Gasteiger partial charge >= 0.3 is 0 Å². The minimum Gasteiger partial charge on any atom is -0.497 e. The van der Waals surface area contributed by atoms with Crippen LogP contribution in [0.2, 0.25) is 0 Å². The monoisotopic (exact) mass is 260 g/mol. The van der Waals surface area contributed by atoms with E-state index in [0.29, 0.717) is 16.9 Å². The summed E-state index contributed by atoms with van der Waals surface area (Å²) in [5, 5.41) is 10.8. The van der Waals surface area contributed by atoms with E-state index in [9.17, 15) is 9.50 Å². The third-order valence-electron chi connectivity index (χ3n) is 3.28. The van der Waals surface area contributed by atoms with Gasteiger partial charge < -0.3 is 9.84 Å². The molecule has 1 atom stereocenters. The molecule has 2 rings (SSSR count). The van der Waals surface area contributed by atoms with Crippen molar-refractivity contribution in [2.24, 2.45) is 0 Å². The maximum absolute atomic E-state index is 12.8. The Morgan fingerprint density at radius 1 is 1.00 bits per heavy atom. The van der Waals surface area contributed by atoms with Gasteiger partial charge in [0.1, 0.15) is 11.4 Å². The summed E-state index contributed by atoms with van der Waals surface area (Å²) in [6, 6.07) is 16.2. The Morgan fingerprint density at radius 3 is 2.11 bits per heavy atom. The van der Waals surface area contributed by atoms with Gasteiger partial charge in [-0.05, 0) is 23.3 Å². The number of ether oxygens (including phenoxy) is 1. The van der Waals surface area contributed by atoms with Gasteiger partial charge in [0.05, 0.1) is 13.8 Å². The summed E-state index contributed by atoms with van der Waals surface area (Å²) in [6.07, 6.45) is 0.0311. The molecule has 2 aromatic carbocycles. The smallest absolute Gasteiger partial charge is 0.118 e. The molecule has 2 nitrogen and oxygen atoms in total. The SMILES string of the molecule is COc1ccc(C(O)(CCF)c2ccccc2)cc1. The second kappa shape index (κ2) is 5.85. The first-order chi connectivity index (χ1) is 9.20. The van der Waals surface area contributed by atoms with Crippen LogP contribution in [0.4, 0.5) is 4.39 Å². The molecular weight excluding hydrogens is 243 g/mol. The van der Waals surface area contributed by atoms with E-state index < -0.39 is 12.3 Å². The van der Waals surface area contributed by atoms with E-state index in [2.05, 4.69) is 0 Å². The summed E-state index contributed by atoms with van der Waals surface area (Å²) >= 11 is 0. The molecule has 0 radical (unpaired) electrons. The zero-order chi connectivity index (χ0) is 13.7. The van der Waals surface area contributed by atoms with Crippen LogP contribution in [0.1, 0.15) is 17.5 Å². The average molecular weight is 260 g/mol. The summed E-state index contributed by atoms with van der Waals surface area (Å²) in [5.74, 6) is 0.708. The molecule has 1 N–H and O–H groups in total. The standard InChI is InChI=1S/C16H17FO2/c1-19-15-9-7-14(8-10-15)16(18,11-12-17)13-5-3-2-4-6-13/h2-10,18H,11-12H2,1H3. The van der Waals surface area contributed by atoms with Gasteiger partial charge in [-0.25, -0.2) is 0 Å². The zero-order valence-corrected chi connectivity index (χ0v) is 10.8. The minimum absolute atomic E-state index is 0.0311. The number of rotatable bonds is 5. The largest absolute Gasteiger partial charge is 0.497 e. The van der Waals surface area contributed by atoms with Crippen molar-refractivity contribution in [2.75, 3.05) is 13.8 Å². The summed E-state index contributed by atoms with van der Waals surface area (Å²) in [4.78, 5) is 0. The quantitative estimate of drug-likeness (QED) is 0.894. The van der Waals surface area contributed by atoms with Crippen LogP contribution in [0, 0.1) is 0 Å². The first kappa shape index (κ1) is 13.6. The number of alkyl halides is 1. The van der Waals surface area contributed by atoms with E-state index in [1.807, 2.05) is 18.2 Å². The molecule has 0 aliphatic carbocycles. The molecule has 0 aromatic heterocycles. The van der Waals surface area contributed by atoms with Gasteiger partial charge in [0.15, 0.2) is 0 Å². The molecule has 0 aliphatic heterocycles. The Morgan fingerprint density at radius 2 is 1.58 bits per heavy atom. The Kier molecular flexibility index (Phi) is 4.17. The average Bonchev–Trinajstić information content (AvgIpc) is 2.48. The number of hydrogen-bond donors (Lipinski definition) is 1. The van der Waals surface area contributed by atoms with Gasteiger partial charge in [-0.2, -0.15) is 0 Å². The molecule has 0 fully saturated rings. The lowest BCUT2D eigenvalue weighted by atomic mass is 9.84. The second-order valence-electron chi connectivity index (χ2n) is 4.39. The van der Waals surface area contributed by atoms with Gasteiger partial charge in [-0.3, -0.25) is 4.39 Å². The lowest BCUT2D eigenvalue weighted by Gasteiger charge is -2.28. The van der Waals surface area contributed by atoms with Gasteiger partial charge in [0.2, 0.25) is 0 Å². The number of benzene rings is 2. The van der Waals surface area contributed by atoms with Crippen LogP contribution >= 0.6 is 0 Å². The van der Waals surface area contributed by atoms with Crippen LogP contribution in [0.15, 0.2) is 54.6 Å². The molecule has 1 unspecified atom stereocenters. The van der Waals surface area contributed by atoms with Crippen LogP contribution in [0.3, 0.4) is 0 Å². The van der Waals surface area contributed by atoms with E-state index in [4.69, 9.17) is 4.74 Å². The van der Waals surface area contributed by atoms with Crippen molar-refractivity contribution in [2.45, 2.75) is 12.0 Å². The molecule has 0 heterocycles. The maximum atomic E-state index is 12.8. The van der Waals surface area contributed by atoms with Crippen molar-refractivity contribution in [3.8, 4) is 5.75 Å². The third-order valence-corrected chi connectivity index (χ3v) is 3.28. The summed E-state index contributed by atoms with van der Waals surface area (Å²) in [7, 11) is 1.58. The van der Waals surface area contributed by atoms with E-state index in [1.165, 1.54) is 0 Å². The van der Waals surface area contributed by atoms with Crippen LogP contribution in [0.25, 0.3) is 0 Å². The third kappa shape index (κ3) is 2.76. The van der Waals surface area contributed by atoms with Crippen LogP contribution in [-0.4, -0.2) is 18.9 Å². The Balaban J connectivity index is 2.43. The van der Waals surface area contributed by atoms with E-state index in [0.717, 1.165) is 0 Å². The topological polar surface area (TPSA) is 29.5 Å². The van der Waals surface area contributed by atoms with Crippen LogP contribution in [-0.2, 0) is 5.60 Å². The fourth-order valence-electron chi connectivity index (χ4n) is 2.17. The highest BCUT2D eigenvalue weighted by Crippen LogP contribution is 2.33. The minimum atomic E-state index is -1.30. The summed E-state index contributed by atoms with van der Waals surface area (Å²) < 4.78 is 17.9. The highest BCUT2D eigenvalue weighted by molar-refractivity contribution is 5.38. The zero-order valence-electron chi connectivity index (χ0n) is 10.8. The molecule has 0 saturated carbocycles. The molecule has 0 spiro atoms. The van der Waals surface area contributed by atoms with Crippen molar-refractivity contribution in [1.82, 2.24) is 0 Å². The first-order valence-corrected chi connectivity index (χ1v) is 6.19. The molecule has 0 amide bonds. The first-order valence-electron chi connectivity index (χ1n) is 6.19. The Hall–Kier alpha value is -1.87. The Bertz CT molecular complexity index is 510. The molecule has 0 bridgehead atoms. The second-order valence-corrected chi connectivity index (χ2v) is 4.39. The molecule has 3 heteroatoms. The van der Waals surface area contributed by atoms with Crippen LogP contribution < -0.4 is 4.74 Å². The lowest BCUT2D eigenvalue weighted by Crippen LogP contribution is -2.27. The molecular formula is C16H17FO2. The molecule has 0 aliphatic rings. The highest BCUT2D eigenvalue weighted by atomic mass is 19.1. The fraction of sp³-hybridized carbons (Fsp3) is 0.250. The van der Waals surface area contributed by atoms with Gasteiger partial charge in [0, 0.05) is 6.42 Å². The van der Waals surface area contributed by atoms with Gasteiger partial charge in [0.25, 0.3) is 0 Å². The molecule has 0 saturated heterocycles. The normalized spacial score (nSPS) is 13.8. The van der Waals surface area contributed by atoms with E-state index >= 15 is 0 Å². The fourth-order valence-corrected chi connectivity index (χ4v) is 2.17. The van der Waals surface area contributed by atoms with Crippen LogP contribution in [0.5, 0.6) is 5.75 Å². The Labute approximate surface area is 112 Å². The van der Waals surface area contributed by atoms with Gasteiger partial charge in [-0.1, -0.05) is 42.5 Å². The van der Waals surface area contributed by atoms with E-state index in [1.54, 1.807) is 43.5 Å². The summed E-state index contributed by atoms with van der Waals surface area (Å²) in [5.41, 5.74) is 0.0532. The summed E-state index contributed by atoms with van der Waals surface area (Å²) in [6.45, 7) is -0.586. The van der Waals surface area contributed by atoms with Crippen molar-refractivity contribution in [1.29, 1.82) is 0 Å². The number of halogens is 1. The number of hydrogen-bond acceptors (Lipinski definition) is 2. The number of methoxy groups -OCH3 is 1. The van der Waals surface area contributed by atoms with Crippen molar-refractivity contribution in [3.63, 3.8) is 0 Å². The highest BCUT2D eigenvalue weighted by Gasteiger charge is 2.31. The predicted octanol–water partition coefficient (Wildman–Crippen LogP) is 3.29. The van der Waals surface area contributed by atoms with Crippen molar-refractivity contribution in [3.05, 3.63) is 65.7 Å². The maximum Gasteiger partial charge on any atom is 0.118 e. The van der Waals surface area contributed by atoms with E-state index in [-0.39, 0.29) is 6.42 Å². The predicted molar refractivity (Wildman–Crippen MR) is 73.0 cm³/mol. The van der Waals surface area contributed by atoms with Crippen molar-refractivity contribution < 1.29 is 14.2 Å². The van der Waals surface area contributed by atoms with Crippen molar-refractivity contribution >= 4 is 0 Å². The molecule has 2 aromatic rings. The molecule has 100 valence electrons. The van der Waals surface area contributed by atoms with Gasteiger partial charge in [-0.15, -0.1) is 0 Å². The lowest BCUT2D eigenvalue weighted by molar-refractivity contribution is 0.0633. The molecule has 19 heavy (non-hydrogen) atoms. The number of aliphatic hydroxyl groups is 1.